The second kappa shape index (κ2) is 10.3. The minimum atomic E-state index is -3.62. The van der Waals surface area contributed by atoms with E-state index in [1.165, 1.54) is 47.0 Å². The van der Waals surface area contributed by atoms with Crippen LogP contribution in [0.4, 0.5) is 0 Å². The first-order valence-corrected chi connectivity index (χ1v) is 12.8. The van der Waals surface area contributed by atoms with Crippen LogP contribution in [0.3, 0.4) is 0 Å². The van der Waals surface area contributed by atoms with Crippen LogP contribution >= 0.6 is 22.9 Å². The highest BCUT2D eigenvalue weighted by Gasteiger charge is 2.23. The number of rotatable bonds is 8. The number of halogens is 1. The summed E-state index contributed by atoms with van der Waals surface area (Å²) in [4.78, 5) is 17.8. The molecule has 0 radical (unpaired) electrons. The third-order valence-corrected chi connectivity index (χ3v) is 8.33. The first-order valence-electron chi connectivity index (χ1n) is 10.2. The Morgan fingerprint density at radius 1 is 1.22 bits per heavy atom. The highest BCUT2D eigenvalue weighted by Crippen LogP contribution is 2.22. The molecule has 32 heavy (non-hydrogen) atoms. The van der Waals surface area contributed by atoms with Gasteiger partial charge in [-0.1, -0.05) is 22.9 Å². The Balaban J connectivity index is 1.96. The van der Waals surface area contributed by atoms with Gasteiger partial charge in [0.25, 0.3) is 5.91 Å². The Morgan fingerprint density at radius 3 is 2.53 bits per heavy atom. The molecular weight excluding hydrogens is 470 g/mol. The summed E-state index contributed by atoms with van der Waals surface area (Å²) in [6, 6.07) is 11.2. The van der Waals surface area contributed by atoms with E-state index in [0.717, 1.165) is 10.2 Å². The van der Waals surface area contributed by atoms with Gasteiger partial charge in [0.15, 0.2) is 4.80 Å². The molecule has 0 fully saturated rings. The number of nitrogens with zero attached hydrogens (tertiary/aromatic N) is 3. The molecule has 0 atom stereocenters. The van der Waals surface area contributed by atoms with Crippen LogP contribution in [-0.4, -0.2) is 49.5 Å². The Hall–Kier alpha value is -2.04. The van der Waals surface area contributed by atoms with Gasteiger partial charge in [0.1, 0.15) is 0 Å². The van der Waals surface area contributed by atoms with Gasteiger partial charge < -0.3 is 9.30 Å². The fourth-order valence-electron chi connectivity index (χ4n) is 3.01. The van der Waals surface area contributed by atoms with Gasteiger partial charge in [0.05, 0.1) is 21.7 Å². The van der Waals surface area contributed by atoms with Crippen molar-refractivity contribution in [3.63, 3.8) is 0 Å². The summed E-state index contributed by atoms with van der Waals surface area (Å²) in [5.74, 6) is -0.450. The second-order valence-electron chi connectivity index (χ2n) is 7.40. The highest BCUT2D eigenvalue weighted by atomic mass is 35.5. The first kappa shape index (κ1) is 24.6. The Morgan fingerprint density at radius 2 is 1.91 bits per heavy atom. The number of amides is 1. The molecule has 7 nitrogen and oxygen atoms in total. The van der Waals surface area contributed by atoms with Crippen LogP contribution in [0.25, 0.3) is 10.2 Å². The van der Waals surface area contributed by atoms with E-state index in [2.05, 4.69) is 4.99 Å². The number of hydrogen-bond donors (Lipinski definition) is 0. The van der Waals surface area contributed by atoms with Crippen LogP contribution in [0.1, 0.15) is 31.1 Å². The predicted octanol–water partition coefficient (Wildman–Crippen LogP) is 4.16. The van der Waals surface area contributed by atoms with Gasteiger partial charge in [-0.05, 0) is 63.2 Å². The number of carbonyl (C=O) groups is 1. The number of benzene rings is 2. The number of ether oxygens (including phenoxy) is 1. The number of aromatic nitrogens is 1. The van der Waals surface area contributed by atoms with Gasteiger partial charge in [0.2, 0.25) is 10.0 Å². The van der Waals surface area contributed by atoms with Crippen molar-refractivity contribution in [2.75, 3.05) is 20.3 Å². The predicted molar refractivity (Wildman–Crippen MR) is 128 cm³/mol. The lowest BCUT2D eigenvalue weighted by Gasteiger charge is -2.20. The van der Waals surface area contributed by atoms with E-state index >= 15 is 0 Å². The van der Waals surface area contributed by atoms with Gasteiger partial charge in [-0.3, -0.25) is 4.79 Å². The fraction of sp³-hybridized carbons (Fsp3) is 0.364. The normalized spacial score (nSPS) is 12.9. The van der Waals surface area contributed by atoms with Crippen molar-refractivity contribution in [1.29, 1.82) is 0 Å². The maximum absolute atomic E-state index is 12.9. The van der Waals surface area contributed by atoms with Crippen LogP contribution in [0, 0.1) is 0 Å². The molecule has 1 heterocycles. The molecule has 0 saturated heterocycles. The minimum absolute atomic E-state index is 0.133. The topological polar surface area (TPSA) is 81.0 Å². The summed E-state index contributed by atoms with van der Waals surface area (Å²) in [7, 11) is -2.09. The van der Waals surface area contributed by atoms with Crippen molar-refractivity contribution in [2.24, 2.45) is 4.99 Å². The standard InChI is InChI=1S/C22H26ClN3O4S2/c1-5-30-13-12-26-19-11-8-17(23)14-20(19)31-22(26)24-21(27)16-6-9-18(10-7-16)32(28,29)25(4)15(2)3/h6-11,14-15H,5,12-13H2,1-4H3. The zero-order chi connectivity index (χ0) is 23.5. The third kappa shape index (κ3) is 5.29. The van der Waals surface area contributed by atoms with E-state index < -0.39 is 15.9 Å². The van der Waals surface area contributed by atoms with E-state index in [0.29, 0.717) is 35.1 Å². The lowest BCUT2D eigenvalue weighted by molar-refractivity contribution is 0.0996. The molecular formula is C22H26ClN3O4S2. The molecule has 2 aromatic carbocycles. The highest BCUT2D eigenvalue weighted by molar-refractivity contribution is 7.89. The molecule has 0 saturated carbocycles. The zero-order valence-corrected chi connectivity index (χ0v) is 20.8. The maximum atomic E-state index is 12.9. The quantitative estimate of drug-likeness (QED) is 0.439. The average molecular weight is 496 g/mol. The Bertz CT molecular complexity index is 1280. The van der Waals surface area contributed by atoms with Crippen LogP contribution in [-0.2, 0) is 21.3 Å². The number of sulfonamides is 1. The summed E-state index contributed by atoms with van der Waals surface area (Å²) >= 11 is 7.49. The largest absolute Gasteiger partial charge is 0.380 e. The van der Waals surface area contributed by atoms with Crippen molar-refractivity contribution in [3.8, 4) is 0 Å². The average Bonchev–Trinajstić information content (AvgIpc) is 3.09. The first-order chi connectivity index (χ1) is 15.1. The molecule has 10 heteroatoms. The molecule has 1 aromatic heterocycles. The Labute approximate surface area is 197 Å². The van der Waals surface area contributed by atoms with Gasteiger partial charge in [0, 0.05) is 36.8 Å². The van der Waals surface area contributed by atoms with Crippen LogP contribution in [0.15, 0.2) is 52.4 Å². The number of thiazole rings is 1. The van der Waals surface area contributed by atoms with Crippen LogP contribution < -0.4 is 4.80 Å². The van der Waals surface area contributed by atoms with Gasteiger partial charge >= 0.3 is 0 Å². The van der Waals surface area contributed by atoms with Gasteiger partial charge in [-0.25, -0.2) is 8.42 Å². The smallest absolute Gasteiger partial charge is 0.279 e. The maximum Gasteiger partial charge on any atom is 0.279 e. The third-order valence-electron chi connectivity index (χ3n) is 5.01. The van der Waals surface area contributed by atoms with Crippen molar-refractivity contribution >= 4 is 49.1 Å². The molecule has 0 aliphatic heterocycles. The molecule has 0 N–H and O–H groups in total. The summed E-state index contributed by atoms with van der Waals surface area (Å²) < 4.78 is 34.9. The van der Waals surface area contributed by atoms with E-state index in [4.69, 9.17) is 16.3 Å². The summed E-state index contributed by atoms with van der Waals surface area (Å²) in [6.45, 7) is 7.15. The number of hydrogen-bond acceptors (Lipinski definition) is 5. The monoisotopic (exact) mass is 495 g/mol. The fourth-order valence-corrected chi connectivity index (χ4v) is 5.71. The molecule has 0 aliphatic rings. The van der Waals surface area contributed by atoms with Crippen LogP contribution in [0.5, 0.6) is 0 Å². The molecule has 3 aromatic rings. The van der Waals surface area contributed by atoms with E-state index in [1.807, 2.05) is 23.6 Å². The lowest BCUT2D eigenvalue weighted by Crippen LogP contribution is -2.33. The lowest BCUT2D eigenvalue weighted by atomic mass is 10.2. The summed E-state index contributed by atoms with van der Waals surface area (Å²) in [5, 5.41) is 0.608. The van der Waals surface area contributed by atoms with Crippen molar-refractivity contribution in [1.82, 2.24) is 8.87 Å². The second-order valence-corrected chi connectivity index (χ2v) is 10.8. The molecule has 3 rings (SSSR count). The molecule has 0 aliphatic carbocycles. The number of fused-ring (bicyclic) bond motifs is 1. The van der Waals surface area contributed by atoms with Gasteiger partial charge in [-0.15, -0.1) is 0 Å². The van der Waals surface area contributed by atoms with Gasteiger partial charge in [-0.2, -0.15) is 9.30 Å². The van der Waals surface area contributed by atoms with Crippen molar-refractivity contribution in [2.45, 2.75) is 38.3 Å². The van der Waals surface area contributed by atoms with E-state index in [9.17, 15) is 13.2 Å². The zero-order valence-electron chi connectivity index (χ0n) is 18.4. The summed E-state index contributed by atoms with van der Waals surface area (Å²) in [6.07, 6.45) is 0. The van der Waals surface area contributed by atoms with E-state index in [1.54, 1.807) is 19.9 Å². The van der Waals surface area contributed by atoms with E-state index in [-0.39, 0.29) is 10.9 Å². The van der Waals surface area contributed by atoms with Crippen molar-refractivity contribution in [3.05, 3.63) is 57.9 Å². The molecule has 1 amide bonds. The molecule has 0 spiro atoms. The Kier molecular flexibility index (Phi) is 7.89. The van der Waals surface area contributed by atoms with Crippen molar-refractivity contribution < 1.29 is 17.9 Å². The molecule has 0 bridgehead atoms. The summed E-state index contributed by atoms with van der Waals surface area (Å²) in [5.41, 5.74) is 1.23. The SMILES string of the molecule is CCOCCn1c(=NC(=O)c2ccc(S(=O)(=O)N(C)C(C)C)cc2)sc2cc(Cl)ccc21. The molecule has 172 valence electrons. The molecule has 0 unspecified atom stereocenters. The van der Waals surface area contributed by atoms with Crippen LogP contribution in [0.2, 0.25) is 5.02 Å². The minimum Gasteiger partial charge on any atom is -0.380 e. The number of carbonyl (C=O) groups excluding carboxylic acids is 1.